The molecule has 130 valence electrons. The van der Waals surface area contributed by atoms with Crippen LogP contribution in [0.1, 0.15) is 41.5 Å². The first-order valence-corrected chi connectivity index (χ1v) is 8.93. The minimum Gasteiger partial charge on any atom is -0.298 e. The van der Waals surface area contributed by atoms with Crippen LogP contribution in [0.2, 0.25) is 0 Å². The van der Waals surface area contributed by atoms with Crippen LogP contribution in [0.25, 0.3) is 0 Å². The van der Waals surface area contributed by atoms with E-state index in [2.05, 4.69) is 49.4 Å². The van der Waals surface area contributed by atoms with E-state index in [1.54, 1.807) is 0 Å². The molecule has 1 aromatic carbocycles. The Kier molecular flexibility index (Phi) is 4.61. The number of hydrogen-bond donors (Lipinski definition) is 1. The first-order chi connectivity index (χ1) is 12.3. The Morgan fingerprint density at radius 2 is 2.08 bits per heavy atom. The van der Waals surface area contributed by atoms with E-state index >= 15 is 0 Å². The summed E-state index contributed by atoms with van der Waals surface area (Å²) in [5.74, 6) is 2.30. The standard InChI is InChI=1S/C19H24N6/c1-15-21-19(23-22-15)18-7-3-9-24(14-18)12-16-5-2-6-17(11-16)13-25-10-4-8-20-25/h2,4-6,8,10-11,18H,3,7,9,12-14H2,1H3,(H,21,22,23)/t18-/m0/s1. The van der Waals surface area contributed by atoms with Crippen LogP contribution < -0.4 is 0 Å². The van der Waals surface area contributed by atoms with E-state index in [0.29, 0.717) is 5.92 Å². The normalized spacial score (nSPS) is 18.5. The van der Waals surface area contributed by atoms with Crippen molar-refractivity contribution in [2.45, 2.75) is 38.8 Å². The van der Waals surface area contributed by atoms with Gasteiger partial charge in [-0.05, 0) is 43.5 Å². The molecule has 1 aliphatic heterocycles. The lowest BCUT2D eigenvalue weighted by atomic mass is 9.97. The lowest BCUT2D eigenvalue weighted by molar-refractivity contribution is 0.196. The topological polar surface area (TPSA) is 62.6 Å². The molecule has 1 aliphatic rings. The van der Waals surface area contributed by atoms with Crippen molar-refractivity contribution in [3.05, 3.63) is 65.5 Å². The fourth-order valence-electron chi connectivity index (χ4n) is 3.62. The number of rotatable bonds is 5. The van der Waals surface area contributed by atoms with Gasteiger partial charge in [0.1, 0.15) is 5.82 Å². The summed E-state index contributed by atoms with van der Waals surface area (Å²) in [4.78, 5) is 7.05. The summed E-state index contributed by atoms with van der Waals surface area (Å²) in [6.07, 6.45) is 6.20. The van der Waals surface area contributed by atoms with Gasteiger partial charge >= 0.3 is 0 Å². The fraction of sp³-hybridized carbons (Fsp3) is 0.421. The number of aryl methyl sites for hydroxylation is 1. The second kappa shape index (κ2) is 7.19. The Bertz CT molecular complexity index is 807. The Labute approximate surface area is 147 Å². The molecule has 1 N–H and O–H groups in total. The third kappa shape index (κ3) is 3.96. The number of piperidine rings is 1. The third-order valence-corrected chi connectivity index (χ3v) is 4.79. The molecule has 1 atom stereocenters. The van der Waals surface area contributed by atoms with Crippen LogP contribution >= 0.6 is 0 Å². The number of aromatic amines is 1. The lowest BCUT2D eigenvalue weighted by Gasteiger charge is -2.31. The van der Waals surface area contributed by atoms with Gasteiger partial charge in [0, 0.05) is 31.4 Å². The summed E-state index contributed by atoms with van der Waals surface area (Å²) in [6.45, 7) is 5.93. The molecule has 0 aliphatic carbocycles. The van der Waals surface area contributed by atoms with Gasteiger partial charge in [0.25, 0.3) is 0 Å². The van der Waals surface area contributed by atoms with Crippen LogP contribution in [0.15, 0.2) is 42.7 Å². The van der Waals surface area contributed by atoms with Gasteiger partial charge in [0.15, 0.2) is 5.82 Å². The van der Waals surface area contributed by atoms with Gasteiger partial charge in [-0.15, -0.1) is 0 Å². The molecule has 6 heteroatoms. The first-order valence-electron chi connectivity index (χ1n) is 8.93. The van der Waals surface area contributed by atoms with E-state index < -0.39 is 0 Å². The molecule has 2 aromatic heterocycles. The first kappa shape index (κ1) is 16.0. The number of aromatic nitrogens is 5. The molecule has 3 aromatic rings. The number of benzene rings is 1. The van der Waals surface area contributed by atoms with Gasteiger partial charge in [-0.2, -0.15) is 10.2 Å². The largest absolute Gasteiger partial charge is 0.298 e. The Balaban J connectivity index is 1.41. The van der Waals surface area contributed by atoms with Gasteiger partial charge in [-0.25, -0.2) is 4.98 Å². The molecule has 0 saturated carbocycles. The average Bonchev–Trinajstić information content (AvgIpc) is 3.27. The molecular weight excluding hydrogens is 312 g/mol. The zero-order chi connectivity index (χ0) is 17.1. The molecule has 1 fully saturated rings. The summed E-state index contributed by atoms with van der Waals surface area (Å²) >= 11 is 0. The Morgan fingerprint density at radius 1 is 1.20 bits per heavy atom. The highest BCUT2D eigenvalue weighted by Crippen LogP contribution is 2.25. The highest BCUT2D eigenvalue weighted by molar-refractivity contribution is 5.24. The molecule has 3 heterocycles. The molecule has 6 nitrogen and oxygen atoms in total. The molecule has 0 spiro atoms. The molecule has 0 amide bonds. The second-order valence-corrected chi connectivity index (χ2v) is 6.88. The van der Waals surface area contributed by atoms with Crippen LogP contribution in [-0.2, 0) is 13.1 Å². The molecule has 4 rings (SSSR count). The maximum absolute atomic E-state index is 4.53. The van der Waals surface area contributed by atoms with Gasteiger partial charge in [0.2, 0.25) is 0 Å². The summed E-state index contributed by atoms with van der Waals surface area (Å²) in [5, 5.41) is 11.6. The minimum atomic E-state index is 0.436. The maximum atomic E-state index is 4.53. The molecule has 25 heavy (non-hydrogen) atoms. The summed E-state index contributed by atoms with van der Waals surface area (Å²) < 4.78 is 1.96. The number of hydrogen-bond acceptors (Lipinski definition) is 4. The Morgan fingerprint density at radius 3 is 2.84 bits per heavy atom. The molecule has 1 saturated heterocycles. The number of nitrogens with zero attached hydrogens (tertiary/aromatic N) is 5. The van der Waals surface area contributed by atoms with E-state index in [1.165, 1.54) is 24.0 Å². The maximum Gasteiger partial charge on any atom is 0.155 e. The van der Waals surface area contributed by atoms with E-state index in [0.717, 1.165) is 37.8 Å². The fourth-order valence-corrected chi connectivity index (χ4v) is 3.62. The lowest BCUT2D eigenvalue weighted by Crippen LogP contribution is -2.34. The Hall–Kier alpha value is -2.47. The van der Waals surface area contributed by atoms with Crippen LogP contribution in [0.5, 0.6) is 0 Å². The second-order valence-electron chi connectivity index (χ2n) is 6.88. The number of likely N-dealkylation sites (tertiary alicyclic amines) is 1. The molecule has 0 unspecified atom stereocenters. The monoisotopic (exact) mass is 336 g/mol. The van der Waals surface area contributed by atoms with Crippen molar-refractivity contribution in [1.29, 1.82) is 0 Å². The van der Waals surface area contributed by atoms with E-state index in [4.69, 9.17) is 0 Å². The van der Waals surface area contributed by atoms with Crippen LogP contribution in [0, 0.1) is 6.92 Å². The van der Waals surface area contributed by atoms with Crippen molar-refractivity contribution in [2.24, 2.45) is 0 Å². The van der Waals surface area contributed by atoms with Gasteiger partial charge in [-0.1, -0.05) is 24.3 Å². The predicted molar refractivity (Wildman–Crippen MR) is 96.1 cm³/mol. The molecule has 0 bridgehead atoms. The van der Waals surface area contributed by atoms with E-state index in [-0.39, 0.29) is 0 Å². The van der Waals surface area contributed by atoms with Crippen molar-refractivity contribution in [2.75, 3.05) is 13.1 Å². The van der Waals surface area contributed by atoms with Crippen molar-refractivity contribution in [3.63, 3.8) is 0 Å². The SMILES string of the molecule is Cc1nc([C@H]2CCCN(Cc3cccc(Cn4cccn4)c3)C2)n[nH]1. The van der Waals surface area contributed by atoms with Crippen LogP contribution in [0.3, 0.4) is 0 Å². The molecule has 0 radical (unpaired) electrons. The van der Waals surface area contributed by atoms with Gasteiger partial charge in [-0.3, -0.25) is 14.7 Å². The van der Waals surface area contributed by atoms with Gasteiger partial charge in [0.05, 0.1) is 6.54 Å². The van der Waals surface area contributed by atoms with E-state index in [9.17, 15) is 0 Å². The highest BCUT2D eigenvalue weighted by atomic mass is 15.3. The molecular formula is C19H24N6. The zero-order valence-electron chi connectivity index (χ0n) is 14.6. The zero-order valence-corrected chi connectivity index (χ0v) is 14.6. The quantitative estimate of drug-likeness (QED) is 0.778. The van der Waals surface area contributed by atoms with E-state index in [1.807, 2.05) is 30.1 Å². The van der Waals surface area contributed by atoms with Crippen LogP contribution in [-0.4, -0.2) is 43.0 Å². The smallest absolute Gasteiger partial charge is 0.155 e. The highest BCUT2D eigenvalue weighted by Gasteiger charge is 2.24. The summed E-state index contributed by atoms with van der Waals surface area (Å²) in [5.41, 5.74) is 2.65. The van der Waals surface area contributed by atoms with Crippen molar-refractivity contribution >= 4 is 0 Å². The number of nitrogens with one attached hydrogen (secondary N) is 1. The predicted octanol–water partition coefficient (Wildman–Crippen LogP) is 2.74. The van der Waals surface area contributed by atoms with Crippen molar-refractivity contribution in [3.8, 4) is 0 Å². The summed E-state index contributed by atoms with van der Waals surface area (Å²) in [7, 11) is 0. The van der Waals surface area contributed by atoms with Crippen molar-refractivity contribution < 1.29 is 0 Å². The van der Waals surface area contributed by atoms with Crippen LogP contribution in [0.4, 0.5) is 0 Å². The summed E-state index contributed by atoms with van der Waals surface area (Å²) in [6, 6.07) is 10.8. The average molecular weight is 336 g/mol. The number of H-pyrrole nitrogens is 1. The van der Waals surface area contributed by atoms with Crippen molar-refractivity contribution in [1.82, 2.24) is 29.9 Å². The minimum absolute atomic E-state index is 0.436. The third-order valence-electron chi connectivity index (χ3n) is 4.79. The van der Waals surface area contributed by atoms with Gasteiger partial charge < -0.3 is 0 Å².